The van der Waals surface area contributed by atoms with Gasteiger partial charge in [-0.05, 0) is 107 Å². The number of benzene rings is 4. The lowest BCUT2D eigenvalue weighted by molar-refractivity contribution is -0.249. The zero-order chi connectivity index (χ0) is 41.0. The maximum atomic E-state index is 12.7. The predicted molar refractivity (Wildman–Crippen MR) is 226 cm³/mol. The molecule has 4 atom stereocenters. The van der Waals surface area contributed by atoms with Gasteiger partial charge in [-0.2, -0.15) is 0 Å². The third-order valence-corrected chi connectivity index (χ3v) is 10.6. The Bertz CT molecular complexity index is 1860. The van der Waals surface area contributed by atoms with Gasteiger partial charge in [0.1, 0.15) is 17.7 Å². The number of nitrogens with one attached hydrogen (secondary N) is 2. The Kier molecular flexibility index (Phi) is 15.6. The maximum absolute atomic E-state index is 12.7. The molecule has 3 N–H and O–H groups in total. The Hall–Kier alpha value is -4.38. The molecule has 1 heterocycles. The SMILES string of the molecule is Cc1ccc(C2CC(OCc3ccccc3)[C@H](OCc3ccccc3)C(C(C)(C)O)O2)cc1Cc1ccc(CCCC(=O)NC(C)(C)C(=O)NCCN(C)C)cc1. The van der Waals surface area contributed by atoms with Gasteiger partial charge in [0.15, 0.2) is 0 Å². The third-order valence-electron chi connectivity index (χ3n) is 10.6. The molecule has 0 aromatic heterocycles. The molecule has 0 saturated carbocycles. The van der Waals surface area contributed by atoms with E-state index in [1.54, 1.807) is 27.7 Å². The topological polar surface area (TPSA) is 109 Å². The van der Waals surface area contributed by atoms with Crippen LogP contribution in [0.3, 0.4) is 0 Å². The molecule has 0 aliphatic carbocycles. The van der Waals surface area contributed by atoms with Crippen molar-refractivity contribution in [1.82, 2.24) is 15.5 Å². The highest BCUT2D eigenvalue weighted by atomic mass is 16.6. The normalized spacial score (nSPS) is 18.7. The molecular formula is C48H63N3O6. The van der Waals surface area contributed by atoms with Crippen molar-refractivity contribution >= 4 is 11.8 Å². The average Bonchev–Trinajstić information content (AvgIpc) is 3.17. The van der Waals surface area contributed by atoms with E-state index in [1.807, 2.05) is 67.5 Å². The highest BCUT2D eigenvalue weighted by Gasteiger charge is 2.47. The van der Waals surface area contributed by atoms with E-state index in [0.717, 1.165) is 41.6 Å². The van der Waals surface area contributed by atoms with E-state index in [9.17, 15) is 14.7 Å². The van der Waals surface area contributed by atoms with Crippen LogP contribution in [0.2, 0.25) is 0 Å². The summed E-state index contributed by atoms with van der Waals surface area (Å²) in [5.74, 6) is -0.316. The summed E-state index contributed by atoms with van der Waals surface area (Å²) in [5.41, 5.74) is 5.76. The van der Waals surface area contributed by atoms with Crippen molar-refractivity contribution in [1.29, 1.82) is 0 Å². The molecule has 0 bridgehead atoms. The first-order chi connectivity index (χ1) is 27.2. The minimum atomic E-state index is -1.19. The quantitative estimate of drug-likeness (QED) is 0.0921. The van der Waals surface area contributed by atoms with Gasteiger partial charge in [-0.25, -0.2) is 0 Å². The summed E-state index contributed by atoms with van der Waals surface area (Å²) < 4.78 is 20.0. The van der Waals surface area contributed by atoms with Crippen molar-refractivity contribution in [3.63, 3.8) is 0 Å². The average molecular weight is 778 g/mol. The molecule has 1 saturated heterocycles. The zero-order valence-corrected chi connectivity index (χ0v) is 34.9. The lowest BCUT2D eigenvalue weighted by Crippen LogP contribution is -2.57. The summed E-state index contributed by atoms with van der Waals surface area (Å²) in [6.07, 6.45) is 1.39. The van der Waals surface area contributed by atoms with Crippen molar-refractivity contribution in [3.8, 4) is 0 Å². The lowest BCUT2D eigenvalue weighted by atomic mass is 9.85. The van der Waals surface area contributed by atoms with E-state index < -0.39 is 23.3 Å². The molecule has 0 radical (unpaired) electrons. The van der Waals surface area contributed by atoms with E-state index in [4.69, 9.17) is 14.2 Å². The number of aryl methyl sites for hydroxylation is 2. The van der Waals surface area contributed by atoms with Gasteiger partial charge in [0.25, 0.3) is 0 Å². The summed E-state index contributed by atoms with van der Waals surface area (Å²) in [6.45, 7) is 11.2. The molecule has 2 amide bonds. The molecule has 5 rings (SSSR count). The van der Waals surface area contributed by atoms with Crippen LogP contribution >= 0.6 is 0 Å². The van der Waals surface area contributed by atoms with Crippen molar-refractivity contribution in [2.45, 2.75) is 115 Å². The predicted octanol–water partition coefficient (Wildman–Crippen LogP) is 7.25. The number of aliphatic hydroxyl groups is 1. The summed E-state index contributed by atoms with van der Waals surface area (Å²) in [4.78, 5) is 27.3. The van der Waals surface area contributed by atoms with Crippen LogP contribution in [0.15, 0.2) is 103 Å². The third kappa shape index (κ3) is 13.3. The lowest BCUT2D eigenvalue weighted by Gasteiger charge is -2.46. The standard InChI is InChI=1S/C48H63N3O6/c1-34-21-26-39(30-40(34)29-36-24-22-35(23-25-36)19-14-20-43(52)50-47(2,3)46(53)49-27-28-51(6)7)41-31-42(55-32-37-15-10-8-11-16-37)44(45(57-41)48(4,5)54)56-33-38-17-12-9-13-18-38/h8-13,15-18,21-26,30,41-42,44-45,54H,14,19-20,27-29,31-33H2,1-7H3,(H,49,53)(H,50,52)/t41?,42?,44-,45?/m0/s1. The van der Waals surface area contributed by atoms with Gasteiger partial charge >= 0.3 is 0 Å². The number of carbonyl (C=O) groups is 2. The van der Waals surface area contributed by atoms with Gasteiger partial charge in [-0.1, -0.05) is 103 Å². The van der Waals surface area contributed by atoms with E-state index >= 15 is 0 Å². The van der Waals surface area contributed by atoms with E-state index in [0.29, 0.717) is 39.0 Å². The fraction of sp³-hybridized carbons (Fsp3) is 0.458. The number of amides is 2. The zero-order valence-electron chi connectivity index (χ0n) is 34.9. The Balaban J connectivity index is 1.22. The molecule has 3 unspecified atom stereocenters. The number of rotatable bonds is 19. The molecule has 9 heteroatoms. The summed E-state index contributed by atoms with van der Waals surface area (Å²) in [5, 5.41) is 17.3. The Morgan fingerprint density at radius 3 is 2.05 bits per heavy atom. The van der Waals surface area contributed by atoms with E-state index in [-0.39, 0.29) is 24.0 Å². The van der Waals surface area contributed by atoms with Crippen LogP contribution in [-0.4, -0.2) is 78.5 Å². The van der Waals surface area contributed by atoms with Crippen LogP contribution in [0, 0.1) is 6.92 Å². The number of nitrogens with zero attached hydrogens (tertiary/aromatic N) is 1. The molecular weight excluding hydrogens is 715 g/mol. The minimum Gasteiger partial charge on any atom is -0.388 e. The molecule has 1 aliphatic heterocycles. The van der Waals surface area contributed by atoms with Crippen molar-refractivity contribution in [3.05, 3.63) is 142 Å². The highest BCUT2D eigenvalue weighted by Crippen LogP contribution is 2.39. The molecule has 4 aromatic rings. The minimum absolute atomic E-state index is 0.130. The smallest absolute Gasteiger partial charge is 0.245 e. The summed E-state index contributed by atoms with van der Waals surface area (Å²) >= 11 is 0. The van der Waals surface area contributed by atoms with E-state index in [2.05, 4.69) is 72.2 Å². The van der Waals surface area contributed by atoms with Gasteiger partial charge in [0.2, 0.25) is 11.8 Å². The molecule has 57 heavy (non-hydrogen) atoms. The second-order valence-electron chi connectivity index (χ2n) is 16.8. The van der Waals surface area contributed by atoms with Gasteiger partial charge in [0, 0.05) is 25.9 Å². The molecule has 306 valence electrons. The molecule has 9 nitrogen and oxygen atoms in total. The first-order valence-corrected chi connectivity index (χ1v) is 20.3. The van der Waals surface area contributed by atoms with E-state index in [1.165, 1.54) is 16.7 Å². The number of carbonyl (C=O) groups excluding carboxylic acids is 2. The maximum Gasteiger partial charge on any atom is 0.245 e. The van der Waals surface area contributed by atoms with Crippen LogP contribution in [0.1, 0.15) is 92.0 Å². The molecule has 0 spiro atoms. The van der Waals surface area contributed by atoms with Crippen LogP contribution < -0.4 is 10.6 Å². The van der Waals surface area contributed by atoms with Crippen LogP contribution in [-0.2, 0) is 49.9 Å². The fourth-order valence-electron chi connectivity index (χ4n) is 7.20. The first-order valence-electron chi connectivity index (χ1n) is 20.3. The van der Waals surface area contributed by atoms with Gasteiger partial charge in [0.05, 0.1) is 31.0 Å². The van der Waals surface area contributed by atoms with Gasteiger partial charge in [-0.3, -0.25) is 9.59 Å². The second-order valence-corrected chi connectivity index (χ2v) is 16.8. The number of ether oxygens (including phenoxy) is 3. The highest BCUT2D eigenvalue weighted by molar-refractivity contribution is 5.90. The number of hydrogen-bond donors (Lipinski definition) is 3. The van der Waals surface area contributed by atoms with Crippen molar-refractivity contribution < 1.29 is 28.9 Å². The Morgan fingerprint density at radius 2 is 1.44 bits per heavy atom. The van der Waals surface area contributed by atoms with Crippen molar-refractivity contribution in [2.24, 2.45) is 0 Å². The molecule has 1 fully saturated rings. The number of hydrogen-bond acceptors (Lipinski definition) is 7. The monoisotopic (exact) mass is 777 g/mol. The molecule has 4 aromatic carbocycles. The van der Waals surface area contributed by atoms with Gasteiger partial charge in [-0.15, -0.1) is 0 Å². The summed E-state index contributed by atoms with van der Waals surface area (Å²) in [7, 11) is 3.90. The first kappa shape index (κ1) is 43.7. The van der Waals surface area contributed by atoms with Crippen molar-refractivity contribution in [2.75, 3.05) is 27.2 Å². The Morgan fingerprint density at radius 1 is 0.825 bits per heavy atom. The fourth-order valence-corrected chi connectivity index (χ4v) is 7.20. The van der Waals surface area contributed by atoms with Crippen LogP contribution in [0.4, 0.5) is 0 Å². The molecule has 1 aliphatic rings. The van der Waals surface area contributed by atoms with Gasteiger partial charge < -0.3 is 34.9 Å². The number of likely N-dealkylation sites (N-methyl/N-ethyl adjacent to an activating group) is 1. The second kappa shape index (κ2) is 20.4. The summed E-state index contributed by atoms with van der Waals surface area (Å²) in [6, 6.07) is 35.3. The Labute approximate surface area is 340 Å². The van der Waals surface area contributed by atoms with Crippen LogP contribution in [0.25, 0.3) is 0 Å². The largest absolute Gasteiger partial charge is 0.388 e. The van der Waals surface area contributed by atoms with Crippen LogP contribution in [0.5, 0.6) is 0 Å².